The molecule has 3 heterocycles. The van der Waals surface area contributed by atoms with Crippen molar-refractivity contribution in [2.45, 2.75) is 19.4 Å². The number of likely N-dealkylation sites (N-methyl/N-ethyl adjacent to an activating group) is 1. The molecule has 0 spiro atoms. The van der Waals surface area contributed by atoms with E-state index in [1.807, 2.05) is 41.3 Å². The predicted molar refractivity (Wildman–Crippen MR) is 123 cm³/mol. The Bertz CT molecular complexity index is 1290. The third-order valence-corrected chi connectivity index (χ3v) is 6.09. The third-order valence-electron chi connectivity index (χ3n) is 6.09. The minimum Gasteiger partial charge on any atom is -0.487 e. The Hall–Kier alpha value is -4.00. The van der Waals surface area contributed by atoms with Crippen LogP contribution in [0, 0.1) is 0 Å². The number of benzene rings is 2. The fourth-order valence-electron chi connectivity index (χ4n) is 4.22. The van der Waals surface area contributed by atoms with E-state index in [2.05, 4.69) is 4.98 Å². The molecule has 2 aliphatic rings. The van der Waals surface area contributed by atoms with E-state index < -0.39 is 0 Å². The number of carbonyl (C=O) groups is 3. The number of fused-ring (bicyclic) bond motifs is 1. The first-order chi connectivity index (χ1) is 16.0. The Morgan fingerprint density at radius 3 is 2.36 bits per heavy atom. The number of nitrogens with zero attached hydrogens (tertiary/aromatic N) is 3. The average molecular weight is 441 g/mol. The molecule has 5 rings (SSSR count). The zero-order valence-electron chi connectivity index (χ0n) is 18.3. The van der Waals surface area contributed by atoms with Gasteiger partial charge in [0.25, 0.3) is 11.8 Å². The summed E-state index contributed by atoms with van der Waals surface area (Å²) >= 11 is 0. The van der Waals surface area contributed by atoms with Crippen LogP contribution in [0.1, 0.15) is 24.1 Å². The summed E-state index contributed by atoms with van der Waals surface area (Å²) in [5, 5.41) is 1.08. The van der Waals surface area contributed by atoms with Crippen LogP contribution in [0.3, 0.4) is 0 Å². The van der Waals surface area contributed by atoms with Gasteiger partial charge < -0.3 is 9.64 Å². The van der Waals surface area contributed by atoms with Gasteiger partial charge in [-0.15, -0.1) is 0 Å². The van der Waals surface area contributed by atoms with E-state index in [-0.39, 0.29) is 17.6 Å². The van der Waals surface area contributed by atoms with Crippen LogP contribution in [0.2, 0.25) is 0 Å². The lowest BCUT2D eigenvalue weighted by Gasteiger charge is -2.28. The van der Waals surface area contributed by atoms with E-state index in [0.29, 0.717) is 55.1 Å². The van der Waals surface area contributed by atoms with E-state index in [1.165, 1.54) is 7.05 Å². The summed E-state index contributed by atoms with van der Waals surface area (Å²) in [6, 6.07) is 19.0. The molecule has 0 atom stereocenters. The largest absolute Gasteiger partial charge is 0.487 e. The van der Waals surface area contributed by atoms with E-state index in [9.17, 15) is 14.4 Å². The number of piperidine rings is 1. The Labute approximate surface area is 191 Å². The van der Waals surface area contributed by atoms with Crippen molar-refractivity contribution in [3.05, 3.63) is 77.6 Å². The van der Waals surface area contributed by atoms with Crippen LogP contribution in [0.5, 0.6) is 5.75 Å². The van der Waals surface area contributed by atoms with Crippen molar-refractivity contribution < 1.29 is 19.1 Å². The Balaban J connectivity index is 1.36. The van der Waals surface area contributed by atoms with Crippen LogP contribution in [0.25, 0.3) is 16.5 Å². The number of carbonyl (C=O) groups excluding carboxylic acids is 3. The number of hydrogen-bond donors (Lipinski definition) is 0. The number of ether oxygens (including phenoxy) is 1. The molecular weight excluding hydrogens is 418 g/mol. The van der Waals surface area contributed by atoms with Gasteiger partial charge >= 0.3 is 0 Å². The van der Waals surface area contributed by atoms with Crippen molar-refractivity contribution in [2.75, 3.05) is 20.1 Å². The van der Waals surface area contributed by atoms with Crippen LogP contribution in [-0.4, -0.2) is 52.5 Å². The van der Waals surface area contributed by atoms with Crippen molar-refractivity contribution in [3.63, 3.8) is 0 Å². The number of aromatic nitrogens is 1. The quantitative estimate of drug-likeness (QED) is 0.566. The van der Waals surface area contributed by atoms with Crippen LogP contribution in [0.15, 0.2) is 66.4 Å². The van der Waals surface area contributed by atoms with Crippen molar-refractivity contribution in [3.8, 4) is 5.75 Å². The third kappa shape index (κ3) is 3.98. The monoisotopic (exact) mass is 441 g/mol. The van der Waals surface area contributed by atoms with Gasteiger partial charge in [0, 0.05) is 38.4 Å². The minimum atomic E-state index is -0.332. The van der Waals surface area contributed by atoms with Gasteiger partial charge in [-0.3, -0.25) is 19.3 Å². The highest BCUT2D eigenvalue weighted by atomic mass is 16.5. The van der Waals surface area contributed by atoms with Gasteiger partial charge in [0.2, 0.25) is 0 Å². The Kier molecular flexibility index (Phi) is 5.38. The molecule has 7 nitrogen and oxygen atoms in total. The SMILES string of the molecule is CN1C(=O)C(c2ccc(OCc3ccc4ccccc4n3)cc2)=C(N2CCC(=O)CC2)C1=O. The maximum atomic E-state index is 12.9. The maximum absolute atomic E-state index is 12.9. The summed E-state index contributed by atoms with van der Waals surface area (Å²) in [7, 11) is 1.49. The highest BCUT2D eigenvalue weighted by Crippen LogP contribution is 2.32. The van der Waals surface area contributed by atoms with E-state index >= 15 is 0 Å². The molecule has 33 heavy (non-hydrogen) atoms. The summed E-state index contributed by atoms with van der Waals surface area (Å²) < 4.78 is 5.89. The molecule has 1 aromatic heterocycles. The van der Waals surface area contributed by atoms with Crippen LogP contribution in [0.4, 0.5) is 0 Å². The minimum absolute atomic E-state index is 0.181. The highest BCUT2D eigenvalue weighted by Gasteiger charge is 2.40. The molecule has 166 valence electrons. The predicted octanol–water partition coefficient (Wildman–Crippen LogP) is 3.19. The lowest BCUT2D eigenvalue weighted by Crippen LogP contribution is -2.37. The topological polar surface area (TPSA) is 79.8 Å². The average Bonchev–Trinajstić information content (AvgIpc) is 3.07. The summed E-state index contributed by atoms with van der Waals surface area (Å²) in [6.45, 7) is 1.22. The van der Waals surface area contributed by atoms with Crippen molar-refractivity contribution in [2.24, 2.45) is 0 Å². The van der Waals surface area contributed by atoms with Gasteiger partial charge in [-0.25, -0.2) is 4.98 Å². The number of imide groups is 1. The molecule has 0 radical (unpaired) electrons. The number of pyridine rings is 1. The van der Waals surface area contributed by atoms with Gasteiger partial charge in [0.05, 0.1) is 16.8 Å². The highest BCUT2D eigenvalue weighted by molar-refractivity contribution is 6.35. The molecule has 7 heteroatoms. The molecule has 0 bridgehead atoms. The van der Waals surface area contributed by atoms with E-state index in [0.717, 1.165) is 21.5 Å². The summed E-state index contributed by atoms with van der Waals surface area (Å²) in [4.78, 5) is 44.9. The molecular formula is C26H23N3O4. The smallest absolute Gasteiger partial charge is 0.277 e. The first-order valence-electron chi connectivity index (χ1n) is 10.9. The van der Waals surface area contributed by atoms with Crippen molar-refractivity contribution in [1.82, 2.24) is 14.8 Å². The molecule has 0 unspecified atom stereocenters. The van der Waals surface area contributed by atoms with Gasteiger partial charge in [0.1, 0.15) is 23.8 Å². The fraction of sp³-hybridized carbons (Fsp3) is 0.231. The van der Waals surface area contributed by atoms with E-state index in [1.54, 1.807) is 24.3 Å². The number of hydrogen-bond acceptors (Lipinski definition) is 6. The Morgan fingerprint density at radius 2 is 1.61 bits per heavy atom. The van der Waals surface area contributed by atoms with Gasteiger partial charge in [0.15, 0.2) is 0 Å². The number of rotatable bonds is 5. The molecule has 0 aliphatic carbocycles. The van der Waals surface area contributed by atoms with Gasteiger partial charge in [-0.2, -0.15) is 0 Å². The first kappa shape index (κ1) is 20.9. The van der Waals surface area contributed by atoms with E-state index in [4.69, 9.17) is 4.74 Å². The number of Topliss-reactive ketones (excluding diaryl/α,β-unsaturated/α-hetero) is 1. The standard InChI is InChI=1S/C26H23N3O4/c1-28-25(31)23(24(26(28)32)29-14-12-20(30)13-15-29)18-7-10-21(11-8-18)33-16-19-9-6-17-4-2-3-5-22(17)27-19/h2-11H,12-16H2,1H3. The summed E-state index contributed by atoms with van der Waals surface area (Å²) in [5.41, 5.74) is 3.14. The molecule has 1 saturated heterocycles. The lowest BCUT2D eigenvalue weighted by molar-refractivity contribution is -0.136. The first-order valence-corrected chi connectivity index (χ1v) is 10.9. The Morgan fingerprint density at radius 1 is 0.879 bits per heavy atom. The second-order valence-corrected chi connectivity index (χ2v) is 8.23. The van der Waals surface area contributed by atoms with Crippen LogP contribution < -0.4 is 4.74 Å². The van der Waals surface area contributed by atoms with Gasteiger partial charge in [-0.1, -0.05) is 36.4 Å². The molecule has 0 N–H and O–H groups in total. The summed E-state index contributed by atoms with van der Waals surface area (Å²) in [6.07, 6.45) is 0.773. The normalized spacial score (nSPS) is 16.8. The molecule has 2 aromatic carbocycles. The number of likely N-dealkylation sites (tertiary alicyclic amines) is 1. The second kappa shape index (κ2) is 8.50. The molecule has 2 amide bonds. The number of ketones is 1. The summed E-state index contributed by atoms with van der Waals surface area (Å²) in [5.74, 6) is 0.165. The lowest BCUT2D eigenvalue weighted by atomic mass is 10.0. The number of amides is 2. The second-order valence-electron chi connectivity index (χ2n) is 8.23. The zero-order chi connectivity index (χ0) is 22.9. The molecule has 3 aromatic rings. The zero-order valence-corrected chi connectivity index (χ0v) is 18.3. The van der Waals surface area contributed by atoms with Crippen molar-refractivity contribution in [1.29, 1.82) is 0 Å². The van der Waals surface area contributed by atoms with Crippen LogP contribution >= 0.6 is 0 Å². The van der Waals surface area contributed by atoms with Crippen molar-refractivity contribution >= 4 is 34.1 Å². The molecule has 2 aliphatic heterocycles. The fourth-order valence-corrected chi connectivity index (χ4v) is 4.22. The molecule has 1 fully saturated rings. The van der Waals surface area contributed by atoms with Gasteiger partial charge in [-0.05, 0) is 29.8 Å². The number of para-hydroxylation sites is 1. The van der Waals surface area contributed by atoms with Crippen LogP contribution in [-0.2, 0) is 21.0 Å². The maximum Gasteiger partial charge on any atom is 0.277 e. The molecule has 0 saturated carbocycles.